The Morgan fingerprint density at radius 2 is 1.74 bits per heavy atom. The number of benzene rings is 3. The highest BCUT2D eigenvalue weighted by Crippen LogP contribution is 2.24. The molecule has 0 heterocycles. The first kappa shape index (κ1) is 17.9. The molecule has 0 radical (unpaired) electrons. The molecule has 0 bridgehead atoms. The molecule has 136 valence electrons. The molecule has 0 aliphatic carbocycles. The fourth-order valence-electron chi connectivity index (χ4n) is 2.44. The maximum atomic E-state index is 12.3. The summed E-state index contributed by atoms with van der Waals surface area (Å²) in [5, 5.41) is 15.6. The van der Waals surface area contributed by atoms with Crippen LogP contribution in [0.25, 0.3) is 10.8 Å². The van der Waals surface area contributed by atoms with E-state index in [1.54, 1.807) is 36.4 Å². The van der Waals surface area contributed by atoms with E-state index in [2.05, 4.69) is 10.5 Å². The molecule has 3 aromatic rings. The Labute approximate surface area is 155 Å². The van der Waals surface area contributed by atoms with Crippen molar-refractivity contribution < 1.29 is 19.4 Å². The maximum Gasteiger partial charge on any atom is 0.275 e. The summed E-state index contributed by atoms with van der Waals surface area (Å²) < 4.78 is 5.15. The van der Waals surface area contributed by atoms with Crippen molar-refractivity contribution in [1.29, 1.82) is 0 Å². The van der Waals surface area contributed by atoms with Gasteiger partial charge in [0.25, 0.3) is 11.8 Å². The maximum absolute atomic E-state index is 12.3. The van der Waals surface area contributed by atoms with Gasteiger partial charge in [0.1, 0.15) is 11.5 Å². The monoisotopic (exact) mass is 363 g/mol. The zero-order chi connectivity index (χ0) is 19.2. The summed E-state index contributed by atoms with van der Waals surface area (Å²) in [5.41, 5.74) is 8.25. The summed E-state index contributed by atoms with van der Waals surface area (Å²) in [6.45, 7) is -0.196. The molecule has 0 saturated carbocycles. The van der Waals surface area contributed by atoms with Crippen molar-refractivity contribution in [2.45, 2.75) is 0 Å². The number of phenols is 1. The summed E-state index contributed by atoms with van der Waals surface area (Å²) in [7, 11) is 0. The number of rotatable bonds is 6. The Bertz CT molecular complexity index is 1010. The van der Waals surface area contributed by atoms with Gasteiger partial charge in [0.2, 0.25) is 0 Å². The number of amides is 2. The third-order valence-electron chi connectivity index (χ3n) is 3.75. The lowest BCUT2D eigenvalue weighted by Crippen LogP contribution is -2.20. The zero-order valence-corrected chi connectivity index (χ0v) is 14.3. The third kappa shape index (κ3) is 4.60. The first-order valence-electron chi connectivity index (χ1n) is 8.09. The van der Waals surface area contributed by atoms with Crippen LogP contribution < -0.4 is 15.9 Å². The van der Waals surface area contributed by atoms with Crippen molar-refractivity contribution in [2.75, 3.05) is 6.61 Å². The zero-order valence-electron chi connectivity index (χ0n) is 14.3. The number of aromatic hydroxyl groups is 1. The molecule has 0 spiro atoms. The number of carbonyl (C=O) groups excluding carboxylic acids is 2. The van der Waals surface area contributed by atoms with Gasteiger partial charge in [-0.15, -0.1) is 0 Å². The van der Waals surface area contributed by atoms with Gasteiger partial charge in [0, 0.05) is 0 Å². The Kier molecular flexibility index (Phi) is 5.32. The van der Waals surface area contributed by atoms with Gasteiger partial charge in [-0.1, -0.05) is 24.3 Å². The van der Waals surface area contributed by atoms with Crippen LogP contribution in [-0.4, -0.2) is 29.7 Å². The second-order valence-corrected chi connectivity index (χ2v) is 5.74. The number of phenolic OH excluding ortho intramolecular Hbond substituents is 1. The number of nitrogens with two attached hydrogens (primary N) is 1. The van der Waals surface area contributed by atoms with Gasteiger partial charge in [0.05, 0.1) is 11.8 Å². The van der Waals surface area contributed by atoms with E-state index in [1.807, 2.05) is 24.3 Å². The topological polar surface area (TPSA) is 114 Å². The SMILES string of the molecule is NC(=O)COc1ccc(/C=N\NC(=O)c2cc3ccccc3cc2O)cc1. The number of carbonyl (C=O) groups is 2. The van der Waals surface area contributed by atoms with E-state index in [1.165, 1.54) is 6.21 Å². The average Bonchev–Trinajstić information content (AvgIpc) is 2.66. The average molecular weight is 363 g/mol. The highest BCUT2D eigenvalue weighted by Gasteiger charge is 2.11. The van der Waals surface area contributed by atoms with Crippen LogP contribution in [0, 0.1) is 0 Å². The van der Waals surface area contributed by atoms with Crippen LogP contribution in [0.1, 0.15) is 15.9 Å². The van der Waals surface area contributed by atoms with Gasteiger partial charge in [0.15, 0.2) is 6.61 Å². The minimum absolute atomic E-state index is 0.114. The van der Waals surface area contributed by atoms with Crippen LogP contribution in [0.4, 0.5) is 0 Å². The third-order valence-corrected chi connectivity index (χ3v) is 3.75. The molecular formula is C20H17N3O4. The standard InChI is InChI=1S/C20H17N3O4/c21-19(25)12-27-16-7-5-13(6-8-16)11-22-23-20(26)17-9-14-3-1-2-4-15(14)10-18(17)24/h1-11,24H,12H2,(H2,21,25)(H,23,26)/b22-11-. The normalized spacial score (nSPS) is 10.8. The van der Waals surface area contributed by atoms with Crippen LogP contribution in [0.2, 0.25) is 0 Å². The second kappa shape index (κ2) is 8.01. The summed E-state index contributed by atoms with van der Waals surface area (Å²) in [5.74, 6) is -0.690. The molecule has 7 nitrogen and oxygen atoms in total. The molecule has 3 rings (SSSR count). The van der Waals surface area contributed by atoms with Gasteiger partial charge >= 0.3 is 0 Å². The van der Waals surface area contributed by atoms with Crippen LogP contribution in [0.3, 0.4) is 0 Å². The van der Waals surface area contributed by atoms with Crippen molar-refractivity contribution in [3.63, 3.8) is 0 Å². The molecule has 0 aliphatic heterocycles. The van der Waals surface area contributed by atoms with Crippen molar-refractivity contribution in [1.82, 2.24) is 5.43 Å². The number of ether oxygens (including phenoxy) is 1. The first-order chi connectivity index (χ1) is 13.0. The highest BCUT2D eigenvalue weighted by molar-refractivity contribution is 6.01. The fourth-order valence-corrected chi connectivity index (χ4v) is 2.44. The van der Waals surface area contributed by atoms with Crippen LogP contribution in [0.15, 0.2) is 65.8 Å². The number of nitrogens with zero attached hydrogens (tertiary/aromatic N) is 1. The molecule has 0 fully saturated rings. The Balaban J connectivity index is 1.65. The van der Waals surface area contributed by atoms with Gasteiger partial charge in [-0.25, -0.2) is 5.43 Å². The minimum Gasteiger partial charge on any atom is -0.507 e. The predicted octanol–water partition coefficient (Wildman–Crippen LogP) is 2.17. The van der Waals surface area contributed by atoms with E-state index >= 15 is 0 Å². The molecule has 0 atom stereocenters. The quantitative estimate of drug-likeness (QED) is 0.460. The van der Waals surface area contributed by atoms with Crippen molar-refractivity contribution in [2.24, 2.45) is 10.8 Å². The molecule has 7 heteroatoms. The van der Waals surface area contributed by atoms with Gasteiger partial charge in [-0.3, -0.25) is 9.59 Å². The Morgan fingerprint density at radius 1 is 1.07 bits per heavy atom. The van der Waals surface area contributed by atoms with Crippen molar-refractivity contribution >= 4 is 28.8 Å². The van der Waals surface area contributed by atoms with Gasteiger partial charge < -0.3 is 15.6 Å². The molecule has 3 aromatic carbocycles. The number of nitrogens with one attached hydrogen (secondary N) is 1. The van der Waals surface area contributed by atoms with E-state index in [-0.39, 0.29) is 17.9 Å². The van der Waals surface area contributed by atoms with Crippen LogP contribution in [0.5, 0.6) is 11.5 Å². The second-order valence-electron chi connectivity index (χ2n) is 5.74. The minimum atomic E-state index is -0.555. The van der Waals surface area contributed by atoms with E-state index < -0.39 is 11.8 Å². The largest absolute Gasteiger partial charge is 0.507 e. The lowest BCUT2D eigenvalue weighted by atomic mass is 10.1. The number of hydrazone groups is 1. The van der Waals surface area contributed by atoms with E-state index in [4.69, 9.17) is 10.5 Å². The summed E-state index contributed by atoms with van der Waals surface area (Å²) >= 11 is 0. The molecule has 4 N–H and O–H groups in total. The van der Waals surface area contributed by atoms with Crippen LogP contribution >= 0.6 is 0 Å². The number of fused-ring (bicyclic) bond motifs is 1. The van der Waals surface area contributed by atoms with Crippen molar-refractivity contribution in [3.8, 4) is 11.5 Å². The molecule has 2 amide bonds. The molecule has 0 unspecified atom stereocenters. The number of hydrogen-bond acceptors (Lipinski definition) is 5. The van der Waals surface area contributed by atoms with E-state index in [0.29, 0.717) is 11.3 Å². The fraction of sp³-hybridized carbons (Fsp3) is 0.0500. The summed E-state index contributed by atoms with van der Waals surface area (Å²) in [6.07, 6.45) is 1.45. The summed E-state index contributed by atoms with van der Waals surface area (Å²) in [6, 6.07) is 17.3. The molecule has 27 heavy (non-hydrogen) atoms. The van der Waals surface area contributed by atoms with Crippen LogP contribution in [-0.2, 0) is 4.79 Å². The van der Waals surface area contributed by atoms with E-state index in [9.17, 15) is 14.7 Å². The first-order valence-corrected chi connectivity index (χ1v) is 8.09. The number of primary amides is 1. The van der Waals surface area contributed by atoms with Crippen molar-refractivity contribution in [3.05, 3.63) is 71.8 Å². The highest BCUT2D eigenvalue weighted by atomic mass is 16.5. The summed E-state index contributed by atoms with van der Waals surface area (Å²) in [4.78, 5) is 22.9. The lowest BCUT2D eigenvalue weighted by Gasteiger charge is -2.06. The Morgan fingerprint density at radius 3 is 2.41 bits per heavy atom. The molecule has 0 aromatic heterocycles. The molecule has 0 saturated heterocycles. The predicted molar refractivity (Wildman–Crippen MR) is 102 cm³/mol. The lowest BCUT2D eigenvalue weighted by molar-refractivity contribution is -0.119. The van der Waals surface area contributed by atoms with Gasteiger partial charge in [-0.05, 0) is 52.7 Å². The molecule has 0 aliphatic rings. The number of hydrogen-bond donors (Lipinski definition) is 3. The smallest absolute Gasteiger partial charge is 0.275 e. The molecular weight excluding hydrogens is 346 g/mol. The Hall–Kier alpha value is -3.87. The van der Waals surface area contributed by atoms with E-state index in [0.717, 1.165) is 10.8 Å². The van der Waals surface area contributed by atoms with Gasteiger partial charge in [-0.2, -0.15) is 5.10 Å².